The van der Waals surface area contributed by atoms with Crippen LogP contribution in [0.15, 0.2) is 28.7 Å². The van der Waals surface area contributed by atoms with E-state index in [1.165, 1.54) is 12.0 Å². The molecule has 2 N–H and O–H groups in total. The summed E-state index contributed by atoms with van der Waals surface area (Å²) in [4.78, 5) is 14.1. The van der Waals surface area contributed by atoms with E-state index < -0.39 is 6.09 Å². The van der Waals surface area contributed by atoms with Crippen molar-refractivity contribution in [2.45, 2.75) is 59.6 Å². The molecule has 28 heavy (non-hydrogen) atoms. The predicted molar refractivity (Wildman–Crippen MR) is 117 cm³/mol. The lowest BCUT2D eigenvalue weighted by Crippen LogP contribution is -2.42. The summed E-state index contributed by atoms with van der Waals surface area (Å²) in [6.07, 6.45) is 1.57. The van der Waals surface area contributed by atoms with Crippen molar-refractivity contribution in [3.63, 3.8) is 0 Å². The second kappa shape index (κ2) is 8.35. The molecule has 0 radical (unpaired) electrons. The number of halogens is 1. The van der Waals surface area contributed by atoms with Crippen LogP contribution in [0.4, 0.5) is 4.79 Å². The molecule has 1 aliphatic carbocycles. The van der Waals surface area contributed by atoms with Crippen LogP contribution in [0.25, 0.3) is 0 Å². The molecule has 1 saturated heterocycles. The molecule has 1 aliphatic heterocycles. The lowest BCUT2D eigenvalue weighted by molar-refractivity contribution is 0.00812. The maximum Gasteiger partial charge on any atom is 0.404 e. The van der Waals surface area contributed by atoms with E-state index >= 15 is 0 Å². The molecule has 1 heterocycles. The first-order valence-electron chi connectivity index (χ1n) is 10.5. The van der Waals surface area contributed by atoms with Crippen molar-refractivity contribution in [3.05, 3.63) is 34.3 Å². The third-order valence-corrected chi connectivity index (χ3v) is 6.91. The number of hydrogen-bond donors (Lipinski definition) is 1. The van der Waals surface area contributed by atoms with Gasteiger partial charge in [-0.15, -0.1) is 0 Å². The molecule has 156 valence electrons. The van der Waals surface area contributed by atoms with Crippen molar-refractivity contribution >= 4 is 22.0 Å². The molecule has 1 aromatic carbocycles. The lowest BCUT2D eigenvalue weighted by Gasteiger charge is -2.35. The minimum atomic E-state index is -0.644. The van der Waals surface area contributed by atoms with Crippen LogP contribution in [-0.4, -0.2) is 36.2 Å². The molecule has 5 heteroatoms. The molecule has 1 aromatic rings. The summed E-state index contributed by atoms with van der Waals surface area (Å²) in [5.41, 5.74) is 6.68. The van der Waals surface area contributed by atoms with Crippen LogP contribution in [0.1, 0.15) is 46.6 Å². The Balaban J connectivity index is 1.65. The first-order chi connectivity index (χ1) is 13.1. The summed E-state index contributed by atoms with van der Waals surface area (Å²) >= 11 is 3.53. The number of likely N-dealkylation sites (tertiary alicyclic amines) is 1. The van der Waals surface area contributed by atoms with Crippen LogP contribution >= 0.6 is 15.9 Å². The van der Waals surface area contributed by atoms with Gasteiger partial charge in [-0.3, -0.25) is 4.90 Å². The van der Waals surface area contributed by atoms with Gasteiger partial charge in [0, 0.05) is 29.5 Å². The Labute approximate surface area is 178 Å². The van der Waals surface area contributed by atoms with Crippen LogP contribution in [0.2, 0.25) is 0 Å². The van der Waals surface area contributed by atoms with E-state index in [2.05, 4.69) is 79.7 Å². The highest BCUT2D eigenvalue weighted by atomic mass is 79.9. The second-order valence-electron chi connectivity index (χ2n) is 10.2. The topological polar surface area (TPSA) is 55.6 Å². The molecule has 2 aliphatic rings. The Kier molecular flexibility index (Phi) is 6.45. The third kappa shape index (κ3) is 5.10. The lowest BCUT2D eigenvalue weighted by atomic mass is 9.84. The van der Waals surface area contributed by atoms with E-state index in [0.717, 1.165) is 24.0 Å². The number of primary amides is 1. The minimum absolute atomic E-state index is 0.0797. The van der Waals surface area contributed by atoms with Gasteiger partial charge in [-0.2, -0.15) is 0 Å². The van der Waals surface area contributed by atoms with Gasteiger partial charge in [-0.1, -0.05) is 62.7 Å². The summed E-state index contributed by atoms with van der Waals surface area (Å²) in [6.45, 7) is 13.3. The SMILES string of the molecule is CC(C)CC(Cc1ccc(Br)cc1)N1CC2C(C1)C2C(OC(N)=O)C(C)(C)C. The van der Waals surface area contributed by atoms with Gasteiger partial charge in [-0.25, -0.2) is 4.79 Å². The zero-order chi connectivity index (χ0) is 20.6. The molecule has 2 fully saturated rings. The summed E-state index contributed by atoms with van der Waals surface area (Å²) in [6, 6.07) is 9.29. The number of ether oxygens (including phenoxy) is 1. The fourth-order valence-electron chi connectivity index (χ4n) is 5.11. The molecule has 0 spiro atoms. The molecule has 0 bridgehead atoms. The number of amides is 1. The molecule has 3 rings (SSSR count). The second-order valence-corrected chi connectivity index (χ2v) is 11.1. The number of nitrogens with zero attached hydrogens (tertiary/aromatic N) is 1. The molecule has 4 unspecified atom stereocenters. The largest absolute Gasteiger partial charge is 0.446 e. The summed E-state index contributed by atoms with van der Waals surface area (Å²) in [5, 5.41) is 0. The Morgan fingerprint density at radius 3 is 2.25 bits per heavy atom. The number of fused-ring (bicyclic) bond motifs is 1. The first kappa shape index (κ1) is 21.6. The predicted octanol–water partition coefficient (Wildman–Crippen LogP) is 5.09. The molecule has 1 amide bonds. The van der Waals surface area contributed by atoms with E-state index in [-0.39, 0.29) is 11.5 Å². The fourth-order valence-corrected chi connectivity index (χ4v) is 5.37. The highest BCUT2D eigenvalue weighted by molar-refractivity contribution is 9.10. The molecular formula is C23H35BrN2O2. The number of piperidine rings is 1. The van der Waals surface area contributed by atoms with E-state index in [1.54, 1.807) is 0 Å². The minimum Gasteiger partial charge on any atom is -0.446 e. The average Bonchev–Trinajstić information content (AvgIpc) is 3.04. The van der Waals surface area contributed by atoms with Crippen molar-refractivity contribution in [2.24, 2.45) is 34.8 Å². The Morgan fingerprint density at radius 1 is 1.21 bits per heavy atom. The molecule has 0 aromatic heterocycles. The highest BCUT2D eigenvalue weighted by Gasteiger charge is 2.62. The van der Waals surface area contributed by atoms with Crippen LogP contribution in [0.5, 0.6) is 0 Å². The Bertz CT molecular complexity index is 671. The van der Waals surface area contributed by atoms with E-state index in [1.807, 2.05) is 0 Å². The van der Waals surface area contributed by atoms with Crippen LogP contribution in [0.3, 0.4) is 0 Å². The number of rotatable bonds is 7. The van der Waals surface area contributed by atoms with Gasteiger partial charge >= 0.3 is 6.09 Å². The quantitative estimate of drug-likeness (QED) is 0.628. The van der Waals surface area contributed by atoms with E-state index in [0.29, 0.717) is 29.7 Å². The van der Waals surface area contributed by atoms with Crippen molar-refractivity contribution in [2.75, 3.05) is 13.1 Å². The first-order valence-corrected chi connectivity index (χ1v) is 11.3. The summed E-state index contributed by atoms with van der Waals surface area (Å²) in [5.74, 6) is 2.39. The van der Waals surface area contributed by atoms with Gasteiger partial charge in [0.05, 0.1) is 0 Å². The van der Waals surface area contributed by atoms with Gasteiger partial charge < -0.3 is 10.5 Å². The average molecular weight is 451 g/mol. The highest BCUT2D eigenvalue weighted by Crippen LogP contribution is 2.57. The number of carbonyl (C=O) groups excluding carboxylic acids is 1. The maximum atomic E-state index is 11.4. The monoisotopic (exact) mass is 450 g/mol. The van der Waals surface area contributed by atoms with Gasteiger partial charge in [-0.05, 0) is 53.7 Å². The summed E-state index contributed by atoms with van der Waals surface area (Å²) in [7, 11) is 0. The fraction of sp³-hybridized carbons (Fsp3) is 0.696. The van der Waals surface area contributed by atoms with Gasteiger partial charge in [0.1, 0.15) is 6.10 Å². The molecule has 1 saturated carbocycles. The van der Waals surface area contributed by atoms with E-state index in [4.69, 9.17) is 10.5 Å². The maximum absolute atomic E-state index is 11.4. The van der Waals surface area contributed by atoms with Gasteiger partial charge in [0.2, 0.25) is 0 Å². The molecule has 4 atom stereocenters. The van der Waals surface area contributed by atoms with Crippen molar-refractivity contribution in [3.8, 4) is 0 Å². The molecule has 4 nitrogen and oxygen atoms in total. The standard InChI is InChI=1S/C23H35BrN2O2/c1-14(2)10-17(11-15-6-8-16(24)9-7-15)26-12-18-19(13-26)20(18)21(23(3,4)5)28-22(25)27/h6-9,14,17-21H,10-13H2,1-5H3,(H2,25,27). The van der Waals surface area contributed by atoms with Gasteiger partial charge in [0.15, 0.2) is 0 Å². The van der Waals surface area contributed by atoms with Crippen LogP contribution in [-0.2, 0) is 11.2 Å². The smallest absolute Gasteiger partial charge is 0.404 e. The number of benzene rings is 1. The van der Waals surface area contributed by atoms with Crippen molar-refractivity contribution in [1.29, 1.82) is 0 Å². The third-order valence-electron chi connectivity index (χ3n) is 6.38. The van der Waals surface area contributed by atoms with Crippen molar-refractivity contribution < 1.29 is 9.53 Å². The normalized spacial score (nSPS) is 26.8. The Hall–Kier alpha value is -1.07. The molecular weight excluding hydrogens is 416 g/mol. The van der Waals surface area contributed by atoms with Gasteiger partial charge in [0.25, 0.3) is 0 Å². The summed E-state index contributed by atoms with van der Waals surface area (Å²) < 4.78 is 6.69. The zero-order valence-electron chi connectivity index (χ0n) is 17.8. The number of nitrogens with two attached hydrogens (primary N) is 1. The van der Waals surface area contributed by atoms with Crippen molar-refractivity contribution in [1.82, 2.24) is 4.90 Å². The van der Waals surface area contributed by atoms with E-state index in [9.17, 15) is 4.79 Å². The Morgan fingerprint density at radius 2 is 1.79 bits per heavy atom. The zero-order valence-corrected chi connectivity index (χ0v) is 19.4. The van der Waals surface area contributed by atoms with Crippen LogP contribution in [0, 0.1) is 29.1 Å². The number of carbonyl (C=O) groups is 1. The number of hydrogen-bond acceptors (Lipinski definition) is 3. The van der Waals surface area contributed by atoms with Crippen LogP contribution < -0.4 is 5.73 Å².